The second-order valence-corrected chi connectivity index (χ2v) is 2.85. The second-order valence-electron chi connectivity index (χ2n) is 2.85. The Bertz CT molecular complexity index is 383. The lowest BCUT2D eigenvalue weighted by Crippen LogP contribution is -2.18. The van der Waals surface area contributed by atoms with Gasteiger partial charge in [-0.1, -0.05) is 0 Å². The molecule has 90 valence electrons. The van der Waals surface area contributed by atoms with Crippen LogP contribution in [0, 0.1) is 6.92 Å². The summed E-state index contributed by atoms with van der Waals surface area (Å²) in [5.74, 6) is -0.995. The molecule has 0 N–H and O–H groups in total. The molecule has 1 aromatic heterocycles. The predicted octanol–water partition coefficient (Wildman–Crippen LogP) is 3.31. The molecule has 0 bridgehead atoms. The maximum absolute atomic E-state index is 12.3. The topological polar surface area (TPSA) is 22.1 Å². The van der Waals surface area contributed by atoms with Crippen LogP contribution in [-0.4, -0.2) is 11.3 Å². The average Bonchev–Trinajstić information content (AvgIpc) is 2.04. The van der Waals surface area contributed by atoms with Gasteiger partial charge in [0.2, 0.25) is 0 Å². The van der Waals surface area contributed by atoms with Gasteiger partial charge in [0.05, 0.1) is 11.8 Å². The van der Waals surface area contributed by atoms with Gasteiger partial charge in [-0.2, -0.15) is 13.2 Å². The number of pyridine rings is 1. The van der Waals surface area contributed by atoms with E-state index in [1.54, 1.807) is 0 Å². The van der Waals surface area contributed by atoms with Gasteiger partial charge in [0.1, 0.15) is 5.75 Å². The summed E-state index contributed by atoms with van der Waals surface area (Å²) in [5.41, 5.74) is -1.67. The summed E-state index contributed by atoms with van der Waals surface area (Å²) in [4.78, 5) is 3.18. The first-order valence-electron chi connectivity index (χ1n) is 3.89. The molecule has 0 atom stereocenters. The van der Waals surface area contributed by atoms with Gasteiger partial charge in [-0.25, -0.2) is 0 Å². The van der Waals surface area contributed by atoms with Crippen LogP contribution in [0.2, 0.25) is 0 Å². The summed E-state index contributed by atoms with van der Waals surface area (Å²) >= 11 is 0. The fourth-order valence-electron chi connectivity index (χ4n) is 0.990. The van der Waals surface area contributed by atoms with E-state index in [9.17, 15) is 26.3 Å². The molecule has 0 amide bonds. The molecule has 0 aliphatic carbocycles. The fraction of sp³-hybridized carbons (Fsp3) is 0.375. The summed E-state index contributed by atoms with van der Waals surface area (Å²) in [5, 5.41) is 0. The lowest BCUT2D eigenvalue weighted by atomic mass is 10.2. The second kappa shape index (κ2) is 3.84. The summed E-state index contributed by atoms with van der Waals surface area (Å²) in [6.45, 7) is 1.04. The summed E-state index contributed by atoms with van der Waals surface area (Å²) < 4.78 is 75.4. The van der Waals surface area contributed by atoms with Crippen LogP contribution in [0.25, 0.3) is 0 Å². The highest BCUT2D eigenvalue weighted by atomic mass is 19.4. The van der Waals surface area contributed by atoms with Gasteiger partial charge < -0.3 is 4.74 Å². The van der Waals surface area contributed by atoms with Gasteiger partial charge in [-0.3, -0.25) is 4.98 Å². The number of hydrogen-bond donors (Lipinski definition) is 0. The van der Waals surface area contributed by atoms with Crippen molar-refractivity contribution >= 4 is 0 Å². The van der Waals surface area contributed by atoms with Crippen LogP contribution in [0.15, 0.2) is 12.3 Å². The van der Waals surface area contributed by atoms with Crippen molar-refractivity contribution in [3.8, 4) is 5.75 Å². The molecule has 0 unspecified atom stereocenters. The predicted molar refractivity (Wildman–Crippen MR) is 40.7 cm³/mol. The summed E-state index contributed by atoms with van der Waals surface area (Å²) in [7, 11) is 0. The third-order valence-corrected chi connectivity index (χ3v) is 1.60. The number of halogens is 6. The molecule has 0 saturated carbocycles. The van der Waals surface area contributed by atoms with Crippen LogP contribution in [0.1, 0.15) is 11.3 Å². The Morgan fingerprint density at radius 2 is 1.69 bits per heavy atom. The molecule has 1 rings (SSSR count). The number of rotatable bonds is 1. The zero-order chi connectivity index (χ0) is 12.6. The molecule has 0 aliphatic rings. The molecule has 1 aromatic rings. The molecule has 2 nitrogen and oxygen atoms in total. The molecule has 0 fully saturated rings. The van der Waals surface area contributed by atoms with Crippen LogP contribution < -0.4 is 4.74 Å². The molecule has 0 spiro atoms. The number of alkyl halides is 6. The Morgan fingerprint density at radius 1 is 1.12 bits per heavy atom. The third-order valence-electron chi connectivity index (χ3n) is 1.60. The molecule has 0 aliphatic heterocycles. The lowest BCUT2D eigenvalue weighted by Gasteiger charge is -2.13. The van der Waals surface area contributed by atoms with Crippen LogP contribution in [-0.2, 0) is 6.18 Å². The highest BCUT2D eigenvalue weighted by molar-refractivity contribution is 5.30. The minimum absolute atomic E-state index is 0.260. The highest BCUT2D eigenvalue weighted by Gasteiger charge is 2.36. The van der Waals surface area contributed by atoms with Crippen molar-refractivity contribution < 1.29 is 31.1 Å². The number of aryl methyl sites for hydroxylation is 1. The van der Waals surface area contributed by atoms with E-state index in [1.807, 2.05) is 0 Å². The van der Waals surface area contributed by atoms with E-state index in [4.69, 9.17) is 0 Å². The minimum Gasteiger partial charge on any atom is -0.404 e. The molecular weight excluding hydrogens is 240 g/mol. The standard InChI is InChI=1S/C8H5F6NO/c1-4-6(7(9,10)11)2-5(3-15-4)16-8(12,13)14/h2-3H,1H3. The highest BCUT2D eigenvalue weighted by Crippen LogP contribution is 2.34. The van der Waals surface area contributed by atoms with Gasteiger partial charge in [0, 0.05) is 5.69 Å². The zero-order valence-electron chi connectivity index (χ0n) is 7.78. The Balaban J connectivity index is 3.09. The Morgan fingerprint density at radius 3 is 2.12 bits per heavy atom. The molecule has 8 heteroatoms. The maximum Gasteiger partial charge on any atom is 0.573 e. The van der Waals surface area contributed by atoms with Gasteiger partial charge >= 0.3 is 12.5 Å². The number of nitrogens with zero attached hydrogens (tertiary/aromatic N) is 1. The first kappa shape index (κ1) is 12.6. The molecule has 0 aromatic carbocycles. The monoisotopic (exact) mass is 245 g/mol. The average molecular weight is 245 g/mol. The van der Waals surface area contributed by atoms with E-state index >= 15 is 0 Å². The zero-order valence-corrected chi connectivity index (χ0v) is 7.78. The molecule has 0 radical (unpaired) electrons. The van der Waals surface area contributed by atoms with Gasteiger partial charge in [0.25, 0.3) is 0 Å². The van der Waals surface area contributed by atoms with Gasteiger partial charge in [-0.05, 0) is 13.0 Å². The minimum atomic E-state index is -5.04. The van der Waals surface area contributed by atoms with Crippen molar-refractivity contribution in [2.45, 2.75) is 19.5 Å². The first-order valence-corrected chi connectivity index (χ1v) is 3.89. The van der Waals surface area contributed by atoms with E-state index in [0.717, 1.165) is 6.92 Å². The number of aromatic nitrogens is 1. The van der Waals surface area contributed by atoms with Crippen molar-refractivity contribution in [3.63, 3.8) is 0 Å². The fourth-order valence-corrected chi connectivity index (χ4v) is 0.990. The SMILES string of the molecule is Cc1ncc(OC(F)(F)F)cc1C(F)(F)F. The molecule has 0 saturated heterocycles. The van der Waals surface area contributed by atoms with E-state index in [1.165, 1.54) is 0 Å². The van der Waals surface area contributed by atoms with Crippen molar-refractivity contribution in [1.29, 1.82) is 0 Å². The van der Waals surface area contributed by atoms with Crippen molar-refractivity contribution in [3.05, 3.63) is 23.5 Å². The van der Waals surface area contributed by atoms with Crippen LogP contribution in [0.4, 0.5) is 26.3 Å². The van der Waals surface area contributed by atoms with Crippen molar-refractivity contribution in [2.24, 2.45) is 0 Å². The third kappa shape index (κ3) is 3.28. The quantitative estimate of drug-likeness (QED) is 0.708. The maximum atomic E-state index is 12.3. The number of hydrogen-bond acceptors (Lipinski definition) is 2. The molecule has 16 heavy (non-hydrogen) atoms. The van der Waals surface area contributed by atoms with Crippen molar-refractivity contribution in [2.75, 3.05) is 0 Å². The smallest absolute Gasteiger partial charge is 0.404 e. The van der Waals surface area contributed by atoms with E-state index in [2.05, 4.69) is 9.72 Å². The summed E-state index contributed by atoms with van der Waals surface area (Å²) in [6.07, 6.45) is -9.22. The first-order chi connectivity index (χ1) is 7.09. The lowest BCUT2D eigenvalue weighted by molar-refractivity contribution is -0.274. The Labute approximate surface area is 85.9 Å². The number of ether oxygens (including phenoxy) is 1. The largest absolute Gasteiger partial charge is 0.573 e. The van der Waals surface area contributed by atoms with Gasteiger partial charge in [-0.15, -0.1) is 13.2 Å². The molecular formula is C8H5F6NO. The van der Waals surface area contributed by atoms with Crippen molar-refractivity contribution in [1.82, 2.24) is 4.98 Å². The van der Waals surface area contributed by atoms with E-state index in [0.29, 0.717) is 6.20 Å². The Kier molecular flexibility index (Phi) is 3.02. The van der Waals surface area contributed by atoms with Crippen LogP contribution in [0.5, 0.6) is 5.75 Å². The normalized spacial score (nSPS) is 12.7. The summed E-state index contributed by atoms with van der Waals surface area (Å²) in [6, 6.07) is 0.260. The van der Waals surface area contributed by atoms with E-state index < -0.39 is 29.5 Å². The van der Waals surface area contributed by atoms with Gasteiger partial charge in [0.15, 0.2) is 0 Å². The van der Waals surface area contributed by atoms with Crippen LogP contribution >= 0.6 is 0 Å². The molecule has 1 heterocycles. The van der Waals surface area contributed by atoms with Crippen LogP contribution in [0.3, 0.4) is 0 Å². The Hall–Kier alpha value is -1.47. The van der Waals surface area contributed by atoms with E-state index in [-0.39, 0.29) is 6.07 Å².